The molecular weight excluding hydrogens is 244 g/mol. The van der Waals surface area contributed by atoms with Crippen molar-refractivity contribution in [2.45, 2.75) is 32.0 Å². The molecule has 112 valence electrons. The summed E-state index contributed by atoms with van der Waals surface area (Å²) in [5.41, 5.74) is 0. The molecule has 0 aromatic heterocycles. The Kier molecular flexibility index (Phi) is 7.09. The molecule has 1 N–H and O–H groups in total. The van der Waals surface area contributed by atoms with Crippen LogP contribution in [0.25, 0.3) is 0 Å². The number of hydrogen-bond acceptors (Lipinski definition) is 5. The summed E-state index contributed by atoms with van der Waals surface area (Å²) in [7, 11) is 0. The Balaban J connectivity index is 1.50. The number of nitrogens with zero attached hydrogens (tertiary/aromatic N) is 2. The van der Waals surface area contributed by atoms with Gasteiger partial charge in [0.05, 0.1) is 6.61 Å². The van der Waals surface area contributed by atoms with Crippen LogP contribution >= 0.6 is 0 Å². The molecule has 0 aromatic carbocycles. The predicted molar refractivity (Wildman–Crippen MR) is 74.1 cm³/mol. The van der Waals surface area contributed by atoms with Gasteiger partial charge in [0.25, 0.3) is 0 Å². The van der Waals surface area contributed by atoms with Crippen LogP contribution in [-0.2, 0) is 9.47 Å². The molecule has 19 heavy (non-hydrogen) atoms. The fourth-order valence-electron chi connectivity index (χ4n) is 2.69. The minimum atomic E-state index is 0.0413. The molecule has 1 atom stereocenters. The Morgan fingerprint density at radius 3 is 2.42 bits per heavy atom. The fraction of sp³-hybridized carbons (Fsp3) is 1.00. The molecule has 2 saturated heterocycles. The Labute approximate surface area is 116 Å². The van der Waals surface area contributed by atoms with Crippen molar-refractivity contribution in [3.8, 4) is 0 Å². The molecule has 0 aromatic rings. The zero-order valence-electron chi connectivity index (χ0n) is 11.9. The monoisotopic (exact) mass is 272 g/mol. The zero-order valence-corrected chi connectivity index (χ0v) is 11.9. The van der Waals surface area contributed by atoms with Crippen molar-refractivity contribution in [3.63, 3.8) is 0 Å². The van der Waals surface area contributed by atoms with E-state index in [0.29, 0.717) is 6.61 Å². The van der Waals surface area contributed by atoms with E-state index >= 15 is 0 Å². The van der Waals surface area contributed by atoms with E-state index in [9.17, 15) is 0 Å². The summed E-state index contributed by atoms with van der Waals surface area (Å²) in [6, 6.07) is 0. The Morgan fingerprint density at radius 1 is 1.05 bits per heavy atom. The molecule has 5 nitrogen and oxygen atoms in total. The largest absolute Gasteiger partial charge is 0.396 e. The van der Waals surface area contributed by atoms with Crippen molar-refractivity contribution in [2.24, 2.45) is 0 Å². The van der Waals surface area contributed by atoms with Crippen LogP contribution in [-0.4, -0.2) is 80.3 Å². The first kappa shape index (κ1) is 15.2. The van der Waals surface area contributed by atoms with Crippen LogP contribution in [0.3, 0.4) is 0 Å². The molecular formula is C14H28N2O3. The van der Waals surface area contributed by atoms with Crippen LogP contribution in [0.4, 0.5) is 0 Å². The second kappa shape index (κ2) is 8.87. The zero-order chi connectivity index (χ0) is 13.3. The first-order chi connectivity index (χ1) is 9.38. The SMILES string of the molecule is OCCCN1CCN(CCOC2CCCCO2)CC1. The minimum absolute atomic E-state index is 0.0413. The third-order valence-electron chi connectivity index (χ3n) is 3.95. The molecule has 0 radical (unpaired) electrons. The summed E-state index contributed by atoms with van der Waals surface area (Å²) in [4.78, 5) is 4.89. The molecule has 0 amide bonds. The molecule has 1 unspecified atom stereocenters. The summed E-state index contributed by atoms with van der Waals surface area (Å²) in [6.45, 7) is 8.41. The highest BCUT2D eigenvalue weighted by atomic mass is 16.7. The van der Waals surface area contributed by atoms with E-state index in [1.54, 1.807) is 0 Å². The van der Waals surface area contributed by atoms with Crippen molar-refractivity contribution in [1.82, 2.24) is 9.80 Å². The Morgan fingerprint density at radius 2 is 1.79 bits per heavy atom. The maximum absolute atomic E-state index is 8.82. The lowest BCUT2D eigenvalue weighted by atomic mass is 10.2. The molecule has 0 spiro atoms. The highest BCUT2D eigenvalue weighted by Gasteiger charge is 2.17. The summed E-state index contributed by atoms with van der Waals surface area (Å²) in [5, 5.41) is 8.82. The lowest BCUT2D eigenvalue weighted by Crippen LogP contribution is -2.47. The average molecular weight is 272 g/mol. The molecule has 5 heteroatoms. The van der Waals surface area contributed by atoms with Crippen molar-refractivity contribution in [3.05, 3.63) is 0 Å². The van der Waals surface area contributed by atoms with Crippen LogP contribution in [0.5, 0.6) is 0 Å². The second-order valence-corrected chi connectivity index (χ2v) is 5.43. The number of aliphatic hydroxyl groups excluding tert-OH is 1. The van der Waals surface area contributed by atoms with Gasteiger partial charge in [0.1, 0.15) is 0 Å². The van der Waals surface area contributed by atoms with Crippen LogP contribution < -0.4 is 0 Å². The van der Waals surface area contributed by atoms with Crippen LogP contribution in [0.15, 0.2) is 0 Å². The van der Waals surface area contributed by atoms with E-state index in [1.165, 1.54) is 12.8 Å². The van der Waals surface area contributed by atoms with Gasteiger partial charge in [0, 0.05) is 52.5 Å². The van der Waals surface area contributed by atoms with E-state index in [4.69, 9.17) is 14.6 Å². The van der Waals surface area contributed by atoms with E-state index in [2.05, 4.69) is 9.80 Å². The second-order valence-electron chi connectivity index (χ2n) is 5.43. The molecule has 2 aliphatic rings. The van der Waals surface area contributed by atoms with Gasteiger partial charge in [-0.3, -0.25) is 4.90 Å². The number of ether oxygens (including phenoxy) is 2. The van der Waals surface area contributed by atoms with Gasteiger partial charge < -0.3 is 19.5 Å². The smallest absolute Gasteiger partial charge is 0.157 e. The molecule has 0 bridgehead atoms. The summed E-state index contributed by atoms with van der Waals surface area (Å²) in [6.07, 6.45) is 4.39. The van der Waals surface area contributed by atoms with Crippen molar-refractivity contribution < 1.29 is 14.6 Å². The molecule has 2 aliphatic heterocycles. The molecule has 0 aliphatic carbocycles. The summed E-state index contributed by atoms with van der Waals surface area (Å²) < 4.78 is 11.3. The van der Waals surface area contributed by atoms with E-state index < -0.39 is 0 Å². The highest BCUT2D eigenvalue weighted by molar-refractivity contribution is 4.71. The summed E-state index contributed by atoms with van der Waals surface area (Å²) in [5.74, 6) is 0. The number of rotatable bonds is 7. The van der Waals surface area contributed by atoms with Crippen molar-refractivity contribution >= 4 is 0 Å². The predicted octanol–water partition coefficient (Wildman–Crippen LogP) is 0.530. The maximum Gasteiger partial charge on any atom is 0.157 e. The maximum atomic E-state index is 8.82. The van der Waals surface area contributed by atoms with Gasteiger partial charge in [-0.05, 0) is 25.7 Å². The van der Waals surface area contributed by atoms with E-state index in [1.807, 2.05) is 0 Å². The van der Waals surface area contributed by atoms with Crippen LogP contribution in [0.2, 0.25) is 0 Å². The highest BCUT2D eigenvalue weighted by Crippen LogP contribution is 2.13. The van der Waals surface area contributed by atoms with Gasteiger partial charge in [0.2, 0.25) is 0 Å². The van der Waals surface area contributed by atoms with Crippen molar-refractivity contribution in [1.29, 1.82) is 0 Å². The van der Waals surface area contributed by atoms with Gasteiger partial charge in [-0.15, -0.1) is 0 Å². The number of hydrogen-bond donors (Lipinski definition) is 1. The van der Waals surface area contributed by atoms with Gasteiger partial charge in [-0.1, -0.05) is 0 Å². The Hall–Kier alpha value is -0.200. The first-order valence-electron chi connectivity index (χ1n) is 7.67. The van der Waals surface area contributed by atoms with E-state index in [0.717, 1.165) is 65.3 Å². The Bertz CT molecular complexity index is 227. The van der Waals surface area contributed by atoms with Crippen LogP contribution in [0, 0.1) is 0 Å². The lowest BCUT2D eigenvalue weighted by molar-refractivity contribution is -0.164. The molecule has 2 heterocycles. The average Bonchev–Trinajstić information content (AvgIpc) is 2.47. The molecule has 2 fully saturated rings. The molecule has 2 rings (SSSR count). The van der Waals surface area contributed by atoms with Gasteiger partial charge in [-0.2, -0.15) is 0 Å². The number of aliphatic hydroxyl groups is 1. The standard InChI is InChI=1S/C14H28N2O3/c17-11-3-5-15-6-8-16(9-7-15)10-13-19-14-4-1-2-12-18-14/h14,17H,1-13H2. The summed E-state index contributed by atoms with van der Waals surface area (Å²) >= 11 is 0. The molecule has 0 saturated carbocycles. The topological polar surface area (TPSA) is 45.2 Å². The van der Waals surface area contributed by atoms with Crippen molar-refractivity contribution in [2.75, 3.05) is 59.1 Å². The lowest BCUT2D eigenvalue weighted by Gasteiger charge is -2.34. The van der Waals surface area contributed by atoms with Gasteiger partial charge in [-0.25, -0.2) is 0 Å². The third-order valence-corrected chi connectivity index (χ3v) is 3.95. The fourth-order valence-corrected chi connectivity index (χ4v) is 2.69. The van der Waals surface area contributed by atoms with E-state index in [-0.39, 0.29) is 6.29 Å². The quantitative estimate of drug-likeness (QED) is 0.732. The minimum Gasteiger partial charge on any atom is -0.396 e. The van der Waals surface area contributed by atoms with Gasteiger partial charge >= 0.3 is 0 Å². The third kappa shape index (κ3) is 5.75. The first-order valence-corrected chi connectivity index (χ1v) is 7.67. The van der Waals surface area contributed by atoms with Crippen LogP contribution in [0.1, 0.15) is 25.7 Å². The number of piperazine rings is 1. The van der Waals surface area contributed by atoms with Gasteiger partial charge in [0.15, 0.2) is 6.29 Å². The normalized spacial score (nSPS) is 26.7.